The molecule has 168 valence electrons. The minimum atomic E-state index is -3.95. The zero-order valence-electron chi connectivity index (χ0n) is 18.0. The number of amidine groups is 1. The monoisotopic (exact) mass is 507 g/mol. The van der Waals surface area contributed by atoms with E-state index in [1.807, 2.05) is 25.3 Å². The molecule has 1 fully saturated rings. The number of hydrogen-bond acceptors (Lipinski definition) is 6. The molecule has 3 heterocycles. The van der Waals surface area contributed by atoms with Crippen LogP contribution in [0, 0.1) is 0 Å². The fourth-order valence-electron chi connectivity index (χ4n) is 3.91. The van der Waals surface area contributed by atoms with E-state index < -0.39 is 10.0 Å². The van der Waals surface area contributed by atoms with Crippen LogP contribution in [0.5, 0.6) is 0 Å². The molecule has 0 saturated carbocycles. The minimum absolute atomic E-state index is 0.0470. The number of nitrogens with zero attached hydrogens (tertiary/aromatic N) is 3. The van der Waals surface area contributed by atoms with E-state index in [2.05, 4.69) is 35.3 Å². The van der Waals surface area contributed by atoms with Gasteiger partial charge in [0.15, 0.2) is 5.17 Å². The first-order valence-corrected chi connectivity index (χ1v) is 13.4. The quantitative estimate of drug-likeness (QED) is 0.529. The number of anilines is 1. The Bertz CT molecular complexity index is 1290. The molecular formula is C22H22ClN3O3S3. The van der Waals surface area contributed by atoms with Crippen molar-refractivity contribution in [2.75, 3.05) is 18.5 Å². The number of carbonyl (C=O) groups is 1. The third kappa shape index (κ3) is 3.91. The number of thiophene rings is 1. The van der Waals surface area contributed by atoms with Gasteiger partial charge in [-0.15, -0.1) is 15.7 Å². The Kier molecular flexibility index (Phi) is 6.04. The summed E-state index contributed by atoms with van der Waals surface area (Å²) in [7, 11) is -1.95. The molecule has 2 aliphatic heterocycles. The van der Waals surface area contributed by atoms with Crippen molar-refractivity contribution in [3.8, 4) is 0 Å². The number of carbonyl (C=O) groups excluding carboxylic acids is 1. The summed E-state index contributed by atoms with van der Waals surface area (Å²) in [5, 5.41) is 0.147. The highest BCUT2D eigenvalue weighted by atomic mass is 35.5. The van der Waals surface area contributed by atoms with Crippen LogP contribution in [-0.2, 0) is 20.2 Å². The second-order valence-corrected chi connectivity index (χ2v) is 12.4. The molecule has 0 spiro atoms. The zero-order valence-corrected chi connectivity index (χ0v) is 21.2. The number of rotatable bonds is 4. The summed E-state index contributed by atoms with van der Waals surface area (Å²) in [6, 6.07) is 11.1. The van der Waals surface area contributed by atoms with E-state index in [-0.39, 0.29) is 20.7 Å². The van der Waals surface area contributed by atoms with E-state index in [0.717, 1.165) is 34.5 Å². The molecule has 0 radical (unpaired) electrons. The molecule has 1 aromatic carbocycles. The van der Waals surface area contributed by atoms with Crippen molar-refractivity contribution in [2.45, 2.75) is 30.4 Å². The fraction of sp³-hybridized carbons (Fsp3) is 0.273. The number of allylic oxidation sites excluding steroid dienone is 3. The summed E-state index contributed by atoms with van der Waals surface area (Å²) in [6.07, 6.45) is 3.69. The van der Waals surface area contributed by atoms with Crippen LogP contribution in [0.25, 0.3) is 0 Å². The van der Waals surface area contributed by atoms with Crippen LogP contribution in [0.3, 0.4) is 0 Å². The van der Waals surface area contributed by atoms with Crippen molar-refractivity contribution >= 4 is 61.5 Å². The topological polar surface area (TPSA) is 70.1 Å². The van der Waals surface area contributed by atoms with Crippen LogP contribution < -0.4 is 4.90 Å². The number of benzene rings is 1. The van der Waals surface area contributed by atoms with Gasteiger partial charge in [-0.1, -0.05) is 43.6 Å². The SMILES string of the molecule is CCN1C(=O)/C(=C\C=C2/N(C)c3ccccc3C2(C)C)S/C1=N/S(=O)(=O)c1ccc(Cl)s1. The Hall–Kier alpha value is -2.07. The summed E-state index contributed by atoms with van der Waals surface area (Å²) < 4.78 is 29.7. The van der Waals surface area contributed by atoms with Crippen molar-refractivity contribution in [2.24, 2.45) is 4.40 Å². The standard InChI is InChI=1S/C22H22ClN3O3S3/c1-5-26-20(27)16(30-21(26)24-32(28,29)19-13-12-18(23)31-19)10-11-17-22(2,3)14-8-6-7-9-15(14)25(17)4/h6-13H,5H2,1-4H3/b16-10+,17-11-,24-21+. The summed E-state index contributed by atoms with van der Waals surface area (Å²) in [5.41, 5.74) is 3.17. The average molecular weight is 508 g/mol. The first-order valence-electron chi connectivity index (χ1n) is 9.92. The smallest absolute Gasteiger partial charge is 0.294 e. The molecule has 2 aromatic rings. The number of likely N-dealkylation sites (N-methyl/N-ethyl adjacent to an activating group) is 2. The lowest BCUT2D eigenvalue weighted by Gasteiger charge is -2.23. The summed E-state index contributed by atoms with van der Waals surface area (Å²) >= 11 is 7.88. The van der Waals surface area contributed by atoms with E-state index in [4.69, 9.17) is 11.6 Å². The number of thioether (sulfide) groups is 1. The molecule has 6 nitrogen and oxygen atoms in total. The molecule has 0 N–H and O–H groups in total. The first kappa shape index (κ1) is 23.1. The predicted molar refractivity (Wildman–Crippen MR) is 133 cm³/mol. The van der Waals surface area contributed by atoms with Crippen LogP contribution in [-0.4, -0.2) is 38.0 Å². The molecule has 0 bridgehead atoms. The van der Waals surface area contributed by atoms with Gasteiger partial charge in [-0.25, -0.2) is 0 Å². The highest BCUT2D eigenvalue weighted by Gasteiger charge is 2.38. The molecule has 1 saturated heterocycles. The van der Waals surface area contributed by atoms with Crippen molar-refractivity contribution in [1.82, 2.24) is 4.90 Å². The molecule has 0 unspecified atom stereocenters. The van der Waals surface area contributed by atoms with Gasteiger partial charge in [-0.05, 0) is 54.6 Å². The maximum atomic E-state index is 12.9. The largest absolute Gasteiger partial charge is 0.347 e. The van der Waals surface area contributed by atoms with Crippen molar-refractivity contribution in [1.29, 1.82) is 0 Å². The maximum absolute atomic E-state index is 12.9. The molecule has 1 aromatic heterocycles. The van der Waals surface area contributed by atoms with Crippen LogP contribution >= 0.6 is 34.7 Å². The third-order valence-electron chi connectivity index (χ3n) is 5.54. The predicted octanol–water partition coefficient (Wildman–Crippen LogP) is 5.24. The third-order valence-corrected chi connectivity index (χ3v) is 9.64. The summed E-state index contributed by atoms with van der Waals surface area (Å²) in [4.78, 5) is 16.9. The van der Waals surface area contributed by atoms with E-state index >= 15 is 0 Å². The summed E-state index contributed by atoms with van der Waals surface area (Å²) in [6.45, 7) is 6.39. The molecule has 0 aliphatic carbocycles. The van der Waals surface area contributed by atoms with Gasteiger partial charge in [0.05, 0.1) is 9.24 Å². The lowest BCUT2D eigenvalue weighted by molar-refractivity contribution is -0.122. The average Bonchev–Trinajstić information content (AvgIpc) is 3.36. The lowest BCUT2D eigenvalue weighted by Crippen LogP contribution is -2.29. The van der Waals surface area contributed by atoms with Crippen LogP contribution in [0.1, 0.15) is 26.3 Å². The molecule has 2 aliphatic rings. The van der Waals surface area contributed by atoms with Gasteiger partial charge in [0, 0.05) is 30.4 Å². The molecule has 32 heavy (non-hydrogen) atoms. The van der Waals surface area contributed by atoms with E-state index in [1.165, 1.54) is 22.6 Å². The van der Waals surface area contributed by atoms with Gasteiger partial charge in [-0.2, -0.15) is 8.42 Å². The molecule has 1 amide bonds. The number of halogens is 1. The number of sulfonamides is 1. The fourth-order valence-corrected chi connectivity index (χ4v) is 7.56. The highest BCUT2D eigenvalue weighted by molar-refractivity contribution is 8.19. The second-order valence-electron chi connectivity index (χ2n) is 7.84. The van der Waals surface area contributed by atoms with Crippen LogP contribution in [0.15, 0.2) is 67.8 Å². The Morgan fingerprint density at radius 2 is 1.88 bits per heavy atom. The van der Waals surface area contributed by atoms with Gasteiger partial charge in [0.2, 0.25) is 0 Å². The minimum Gasteiger partial charge on any atom is -0.347 e. The number of hydrogen-bond donors (Lipinski definition) is 0. The molecule has 0 atom stereocenters. The number of fused-ring (bicyclic) bond motifs is 1. The van der Waals surface area contributed by atoms with Crippen LogP contribution in [0.2, 0.25) is 4.34 Å². The normalized spacial score (nSPS) is 21.9. The second kappa shape index (κ2) is 8.37. The Labute approximate surface area is 201 Å². The zero-order chi connectivity index (χ0) is 23.3. The Morgan fingerprint density at radius 1 is 1.16 bits per heavy atom. The number of amides is 1. The Morgan fingerprint density at radius 3 is 2.50 bits per heavy atom. The van der Waals surface area contributed by atoms with Crippen molar-refractivity contribution in [3.63, 3.8) is 0 Å². The van der Waals surface area contributed by atoms with Gasteiger partial charge >= 0.3 is 0 Å². The first-order chi connectivity index (χ1) is 15.1. The highest BCUT2D eigenvalue weighted by Crippen LogP contribution is 2.47. The van der Waals surface area contributed by atoms with E-state index in [1.54, 1.807) is 13.0 Å². The van der Waals surface area contributed by atoms with Gasteiger partial charge in [0.25, 0.3) is 15.9 Å². The lowest BCUT2D eigenvalue weighted by atomic mass is 9.84. The van der Waals surface area contributed by atoms with E-state index in [9.17, 15) is 13.2 Å². The maximum Gasteiger partial charge on any atom is 0.294 e. The molecule has 4 rings (SSSR count). The number of para-hydroxylation sites is 1. The Balaban J connectivity index is 1.68. The van der Waals surface area contributed by atoms with E-state index in [0.29, 0.717) is 15.8 Å². The van der Waals surface area contributed by atoms with Gasteiger partial charge in [-0.3, -0.25) is 9.69 Å². The van der Waals surface area contributed by atoms with Gasteiger partial charge in [0.1, 0.15) is 4.21 Å². The summed E-state index contributed by atoms with van der Waals surface area (Å²) in [5.74, 6) is -0.261. The molecule has 10 heteroatoms. The van der Waals surface area contributed by atoms with Gasteiger partial charge < -0.3 is 4.90 Å². The van der Waals surface area contributed by atoms with Crippen molar-refractivity contribution < 1.29 is 13.2 Å². The molecular weight excluding hydrogens is 486 g/mol. The van der Waals surface area contributed by atoms with Crippen LogP contribution in [0.4, 0.5) is 5.69 Å². The van der Waals surface area contributed by atoms with Crippen molar-refractivity contribution in [3.05, 3.63) is 69.1 Å².